The summed E-state index contributed by atoms with van der Waals surface area (Å²) in [6, 6.07) is 5.88. The van der Waals surface area contributed by atoms with E-state index in [1.54, 1.807) is 12.1 Å². The Morgan fingerprint density at radius 2 is 1.45 bits per heavy atom. The molecule has 1 rings (SSSR count). The average molecular weight is 404 g/mol. The number of benzene rings is 1. The van der Waals surface area contributed by atoms with Gasteiger partial charge in [-0.1, -0.05) is 82.6 Å². The highest BCUT2D eigenvalue weighted by atomic mass is 16.6. The Morgan fingerprint density at radius 1 is 0.931 bits per heavy atom. The summed E-state index contributed by atoms with van der Waals surface area (Å²) in [5.41, 5.74) is 0.628. The molecule has 0 aliphatic carbocycles. The van der Waals surface area contributed by atoms with E-state index in [-0.39, 0.29) is 5.69 Å². The van der Waals surface area contributed by atoms with Crippen molar-refractivity contribution in [3.8, 4) is 0 Å². The summed E-state index contributed by atoms with van der Waals surface area (Å²) in [6.07, 6.45) is 19.6. The minimum atomic E-state index is -0.864. The van der Waals surface area contributed by atoms with E-state index >= 15 is 0 Å². The maximum atomic E-state index is 11.5. The van der Waals surface area contributed by atoms with Gasteiger partial charge in [0.05, 0.1) is 10.8 Å². The van der Waals surface area contributed by atoms with Crippen LogP contribution < -0.4 is 0 Å². The van der Waals surface area contributed by atoms with Crippen molar-refractivity contribution >= 4 is 11.7 Å². The molecule has 0 bridgehead atoms. The molecule has 0 heterocycles. The van der Waals surface area contributed by atoms with Crippen molar-refractivity contribution in [2.75, 3.05) is 0 Å². The van der Waals surface area contributed by atoms with Crippen LogP contribution in [0.1, 0.15) is 102 Å². The van der Waals surface area contributed by atoms with Gasteiger partial charge in [0.15, 0.2) is 0 Å². The fourth-order valence-corrected chi connectivity index (χ4v) is 3.50. The van der Waals surface area contributed by atoms with Gasteiger partial charge in [-0.25, -0.2) is 0 Å². The van der Waals surface area contributed by atoms with E-state index < -0.39 is 16.8 Å². The minimum Gasteiger partial charge on any atom is -0.481 e. The highest BCUT2D eigenvalue weighted by Crippen LogP contribution is 2.25. The predicted molar refractivity (Wildman–Crippen MR) is 118 cm³/mol. The lowest BCUT2D eigenvalue weighted by molar-refractivity contribution is -0.384. The average Bonchev–Trinajstić information content (AvgIpc) is 2.71. The molecule has 0 aliphatic rings. The molecule has 0 saturated heterocycles. The molecular formula is C24H37NO4. The largest absolute Gasteiger partial charge is 0.481 e. The highest BCUT2D eigenvalue weighted by Gasteiger charge is 2.20. The van der Waals surface area contributed by atoms with E-state index in [0.29, 0.717) is 12.0 Å². The van der Waals surface area contributed by atoms with E-state index in [2.05, 4.69) is 19.1 Å². The number of carbonyl (C=O) groups is 1. The summed E-state index contributed by atoms with van der Waals surface area (Å²) >= 11 is 0. The maximum Gasteiger partial charge on any atom is 0.310 e. The lowest BCUT2D eigenvalue weighted by Crippen LogP contribution is -2.11. The SMILES string of the molecule is CCCCCCCCC=CCCCCCCC(C(=O)O)c1ccc([N+](=O)[O-])cc1. The Morgan fingerprint density at radius 3 is 1.97 bits per heavy atom. The Bertz CT molecular complexity index is 610. The topological polar surface area (TPSA) is 80.4 Å². The Kier molecular flexibility index (Phi) is 13.5. The molecule has 0 aromatic heterocycles. The molecule has 1 unspecified atom stereocenters. The quantitative estimate of drug-likeness (QED) is 0.127. The van der Waals surface area contributed by atoms with Crippen molar-refractivity contribution in [2.24, 2.45) is 0 Å². The lowest BCUT2D eigenvalue weighted by Gasteiger charge is -2.12. The first-order valence-corrected chi connectivity index (χ1v) is 11.2. The van der Waals surface area contributed by atoms with Gasteiger partial charge in [-0.15, -0.1) is 0 Å². The van der Waals surface area contributed by atoms with Crippen LogP contribution >= 0.6 is 0 Å². The third-order valence-electron chi connectivity index (χ3n) is 5.31. The first-order valence-electron chi connectivity index (χ1n) is 11.2. The molecule has 1 aromatic carbocycles. The first kappa shape index (κ1) is 24.9. The number of allylic oxidation sites excluding steroid dienone is 2. The van der Waals surface area contributed by atoms with Crippen molar-refractivity contribution in [3.05, 3.63) is 52.1 Å². The van der Waals surface area contributed by atoms with Gasteiger partial charge in [-0.05, 0) is 37.7 Å². The van der Waals surface area contributed by atoms with Crippen LogP contribution in [0, 0.1) is 10.1 Å². The number of unbranched alkanes of at least 4 members (excludes halogenated alkanes) is 10. The van der Waals surface area contributed by atoms with Gasteiger partial charge in [-0.2, -0.15) is 0 Å². The molecule has 0 saturated carbocycles. The van der Waals surface area contributed by atoms with E-state index in [0.717, 1.165) is 32.1 Å². The number of nitrogens with zero attached hydrogens (tertiary/aromatic N) is 1. The smallest absolute Gasteiger partial charge is 0.310 e. The van der Waals surface area contributed by atoms with Gasteiger partial charge < -0.3 is 5.11 Å². The predicted octanol–water partition coefficient (Wildman–Crippen LogP) is 7.41. The van der Waals surface area contributed by atoms with E-state index in [9.17, 15) is 20.0 Å². The summed E-state index contributed by atoms with van der Waals surface area (Å²) in [4.78, 5) is 21.8. The van der Waals surface area contributed by atoms with Gasteiger partial charge >= 0.3 is 5.97 Å². The second-order valence-corrected chi connectivity index (χ2v) is 7.76. The maximum absolute atomic E-state index is 11.5. The van der Waals surface area contributed by atoms with E-state index in [1.807, 2.05) is 0 Å². The summed E-state index contributed by atoms with van der Waals surface area (Å²) in [7, 11) is 0. The fraction of sp³-hybridized carbons (Fsp3) is 0.625. The Hall–Kier alpha value is -2.17. The molecule has 162 valence electrons. The highest BCUT2D eigenvalue weighted by molar-refractivity contribution is 5.76. The normalized spacial score (nSPS) is 12.3. The molecule has 1 N–H and O–H groups in total. The summed E-state index contributed by atoms with van der Waals surface area (Å²) in [5, 5.41) is 20.2. The molecule has 0 spiro atoms. The third-order valence-corrected chi connectivity index (χ3v) is 5.31. The number of nitro benzene ring substituents is 1. The molecule has 5 nitrogen and oxygen atoms in total. The molecular weight excluding hydrogens is 366 g/mol. The molecule has 5 heteroatoms. The zero-order chi connectivity index (χ0) is 21.3. The molecule has 1 aromatic rings. The second-order valence-electron chi connectivity index (χ2n) is 7.76. The zero-order valence-electron chi connectivity index (χ0n) is 17.9. The number of nitro groups is 1. The third kappa shape index (κ3) is 11.4. The number of non-ortho nitro benzene ring substituents is 1. The van der Waals surface area contributed by atoms with Crippen LogP contribution in [0.15, 0.2) is 36.4 Å². The van der Waals surface area contributed by atoms with Gasteiger partial charge in [0.25, 0.3) is 5.69 Å². The molecule has 0 aliphatic heterocycles. The van der Waals surface area contributed by atoms with Crippen LogP contribution in [0.25, 0.3) is 0 Å². The molecule has 0 amide bonds. The number of carboxylic acids is 1. The number of rotatable bonds is 17. The second kappa shape index (κ2) is 15.7. The number of hydrogen-bond donors (Lipinski definition) is 1. The van der Waals surface area contributed by atoms with Gasteiger partial charge in [-0.3, -0.25) is 14.9 Å². The van der Waals surface area contributed by atoms with E-state index in [1.165, 1.54) is 57.1 Å². The van der Waals surface area contributed by atoms with Crippen LogP contribution in [0.4, 0.5) is 5.69 Å². The first-order chi connectivity index (χ1) is 14.1. The summed E-state index contributed by atoms with van der Waals surface area (Å²) < 4.78 is 0. The minimum absolute atomic E-state index is 0.0116. The van der Waals surface area contributed by atoms with Crippen LogP contribution in [0.2, 0.25) is 0 Å². The molecule has 29 heavy (non-hydrogen) atoms. The fourth-order valence-electron chi connectivity index (χ4n) is 3.50. The van der Waals surface area contributed by atoms with Gasteiger partial charge in [0, 0.05) is 12.1 Å². The van der Waals surface area contributed by atoms with Crippen LogP contribution in [-0.4, -0.2) is 16.0 Å². The summed E-state index contributed by atoms with van der Waals surface area (Å²) in [5.74, 6) is -1.45. The van der Waals surface area contributed by atoms with Gasteiger partial charge in [0.1, 0.15) is 0 Å². The van der Waals surface area contributed by atoms with Crippen molar-refractivity contribution in [2.45, 2.75) is 96.3 Å². The number of carboxylic acid groups (broad SMARTS) is 1. The van der Waals surface area contributed by atoms with Crippen LogP contribution in [0.3, 0.4) is 0 Å². The van der Waals surface area contributed by atoms with Crippen molar-refractivity contribution in [3.63, 3.8) is 0 Å². The number of aliphatic carboxylic acids is 1. The summed E-state index contributed by atoms with van der Waals surface area (Å²) in [6.45, 7) is 2.24. The zero-order valence-corrected chi connectivity index (χ0v) is 17.9. The van der Waals surface area contributed by atoms with Crippen molar-refractivity contribution in [1.82, 2.24) is 0 Å². The standard InChI is InChI=1S/C24H37NO4/c1-2-3-4-5-6-7-8-9-10-11-12-13-14-15-16-23(24(26)27)21-17-19-22(20-18-21)25(28)29/h9-10,17-20,23H,2-8,11-16H2,1H3,(H,26,27). The van der Waals surface area contributed by atoms with Crippen LogP contribution in [0.5, 0.6) is 0 Å². The van der Waals surface area contributed by atoms with Crippen LogP contribution in [-0.2, 0) is 4.79 Å². The van der Waals surface area contributed by atoms with E-state index in [4.69, 9.17) is 0 Å². The Balaban J connectivity index is 2.13. The lowest BCUT2D eigenvalue weighted by atomic mass is 9.93. The molecule has 1 atom stereocenters. The van der Waals surface area contributed by atoms with Crippen molar-refractivity contribution in [1.29, 1.82) is 0 Å². The number of hydrogen-bond acceptors (Lipinski definition) is 3. The Labute approximate surface area is 175 Å². The van der Waals surface area contributed by atoms with Gasteiger partial charge in [0.2, 0.25) is 0 Å². The molecule has 0 fully saturated rings. The monoisotopic (exact) mass is 403 g/mol. The molecule has 0 radical (unpaired) electrons. The van der Waals surface area contributed by atoms with Crippen molar-refractivity contribution < 1.29 is 14.8 Å².